The Hall–Kier alpha value is -3.17. The quantitative estimate of drug-likeness (QED) is 0.430. The van der Waals surface area contributed by atoms with Gasteiger partial charge in [0.2, 0.25) is 5.91 Å². The normalized spacial score (nSPS) is 17.4. The van der Waals surface area contributed by atoms with Crippen LogP contribution in [0.5, 0.6) is 6.01 Å². The molecule has 212 valence electrons. The van der Waals surface area contributed by atoms with Crippen molar-refractivity contribution in [3.05, 3.63) is 64.3 Å². The van der Waals surface area contributed by atoms with E-state index in [0.717, 1.165) is 53.7 Å². The first-order valence-electron chi connectivity index (χ1n) is 14.2. The molecule has 3 aromatic rings. The van der Waals surface area contributed by atoms with Crippen LogP contribution in [0.1, 0.15) is 80.2 Å². The Morgan fingerprint density at radius 2 is 1.77 bits per heavy atom. The molecule has 1 N–H and O–H groups in total. The first-order chi connectivity index (χ1) is 19.0. The van der Waals surface area contributed by atoms with Crippen LogP contribution in [0.2, 0.25) is 0 Å². The van der Waals surface area contributed by atoms with E-state index in [-0.39, 0.29) is 28.7 Å². The summed E-state index contributed by atoms with van der Waals surface area (Å²) < 4.78 is 41.7. The zero-order valence-corrected chi connectivity index (χ0v) is 24.4. The van der Waals surface area contributed by atoms with Crippen LogP contribution < -0.4 is 9.46 Å². The molecule has 1 aliphatic carbocycles. The first-order valence-corrected chi connectivity index (χ1v) is 15.6. The Morgan fingerprint density at radius 1 is 1.05 bits per heavy atom. The van der Waals surface area contributed by atoms with E-state index in [1.54, 1.807) is 4.57 Å². The highest BCUT2D eigenvalue weighted by Crippen LogP contribution is 2.50. The van der Waals surface area contributed by atoms with Gasteiger partial charge in [0.1, 0.15) is 0 Å². The molecule has 0 saturated heterocycles. The van der Waals surface area contributed by atoms with E-state index in [1.807, 2.05) is 0 Å². The highest BCUT2D eigenvalue weighted by atomic mass is 32.2. The van der Waals surface area contributed by atoms with Gasteiger partial charge in [0, 0.05) is 18.2 Å². The summed E-state index contributed by atoms with van der Waals surface area (Å²) in [6.45, 7) is 11.0. The van der Waals surface area contributed by atoms with Crippen LogP contribution in [0.25, 0.3) is 11.1 Å². The number of ether oxygens (including phenoxy) is 2. The number of aromatic nitrogens is 2. The number of fused-ring (bicyclic) bond motifs is 2. The standard InChI is InChI=1S/C31H37N3O5S/c1-19(2)25-12-23(22-6-5-21-7-10-38-16-24(21)11-22)13-26(20(3)4)27(25)14-28(35)33-40(36,37)29-15-34-17-31(8-9-31)18-39-30(34)32-29/h5-6,11-13,15,19-20H,7-10,14,16-18H2,1-4H3,(H,33,35). The van der Waals surface area contributed by atoms with Crippen molar-refractivity contribution in [1.82, 2.24) is 14.3 Å². The third-order valence-corrected chi connectivity index (χ3v) is 9.67. The lowest BCUT2D eigenvalue weighted by molar-refractivity contribution is -0.118. The fourth-order valence-electron chi connectivity index (χ4n) is 5.90. The van der Waals surface area contributed by atoms with E-state index in [9.17, 15) is 13.2 Å². The Bertz CT molecular complexity index is 1560. The Morgan fingerprint density at radius 3 is 2.45 bits per heavy atom. The maximum atomic E-state index is 13.3. The lowest BCUT2D eigenvalue weighted by atomic mass is 9.83. The van der Waals surface area contributed by atoms with Crippen LogP contribution in [0, 0.1) is 5.41 Å². The Balaban J connectivity index is 1.27. The third kappa shape index (κ3) is 5.17. The van der Waals surface area contributed by atoms with Gasteiger partial charge in [0.25, 0.3) is 16.0 Å². The molecule has 1 spiro atoms. The maximum absolute atomic E-state index is 13.3. The van der Waals surface area contributed by atoms with Crippen molar-refractivity contribution in [1.29, 1.82) is 0 Å². The van der Waals surface area contributed by atoms with Gasteiger partial charge in [-0.3, -0.25) is 9.36 Å². The second kappa shape index (κ2) is 10.0. The smallest absolute Gasteiger partial charge is 0.297 e. The topological polar surface area (TPSA) is 99.5 Å². The number of amides is 1. The number of nitrogens with zero attached hydrogens (tertiary/aromatic N) is 2. The summed E-state index contributed by atoms with van der Waals surface area (Å²) in [4.78, 5) is 17.4. The molecule has 6 rings (SSSR count). The molecule has 0 unspecified atom stereocenters. The highest BCUT2D eigenvalue weighted by molar-refractivity contribution is 7.90. The summed E-state index contributed by atoms with van der Waals surface area (Å²) in [7, 11) is -4.14. The van der Waals surface area contributed by atoms with E-state index in [1.165, 1.54) is 17.3 Å². The van der Waals surface area contributed by atoms with Gasteiger partial charge in [-0.05, 0) is 76.1 Å². The van der Waals surface area contributed by atoms with E-state index in [2.05, 4.69) is 67.7 Å². The number of hydrogen-bond donors (Lipinski definition) is 1. The summed E-state index contributed by atoms with van der Waals surface area (Å²) in [6.07, 6.45) is 4.50. The number of sulfonamides is 1. The molecule has 3 aliphatic rings. The van der Waals surface area contributed by atoms with Crippen molar-refractivity contribution in [3.63, 3.8) is 0 Å². The van der Waals surface area contributed by atoms with Gasteiger partial charge < -0.3 is 9.47 Å². The number of carbonyl (C=O) groups is 1. The number of carbonyl (C=O) groups excluding carboxylic acids is 1. The summed E-state index contributed by atoms with van der Waals surface area (Å²) in [5.41, 5.74) is 7.83. The molecule has 1 amide bonds. The SMILES string of the molecule is CC(C)c1cc(-c2ccc3c(c2)COCC3)cc(C(C)C)c1CC(=O)NS(=O)(=O)c1cn2c(n1)OCC1(CC1)C2. The molecule has 3 heterocycles. The van der Waals surface area contributed by atoms with Crippen LogP contribution >= 0.6 is 0 Å². The van der Waals surface area contributed by atoms with E-state index in [0.29, 0.717) is 25.8 Å². The zero-order valence-electron chi connectivity index (χ0n) is 23.6. The molecule has 0 radical (unpaired) electrons. The fraction of sp³-hybridized carbons (Fsp3) is 0.484. The maximum Gasteiger partial charge on any atom is 0.297 e. The van der Waals surface area contributed by atoms with Gasteiger partial charge in [-0.2, -0.15) is 13.4 Å². The van der Waals surface area contributed by atoms with Crippen molar-refractivity contribution in [3.8, 4) is 17.1 Å². The zero-order chi connectivity index (χ0) is 28.2. The molecule has 9 heteroatoms. The van der Waals surface area contributed by atoms with Gasteiger partial charge >= 0.3 is 0 Å². The predicted octanol–water partition coefficient (Wildman–Crippen LogP) is 5.09. The number of nitrogens with one attached hydrogen (secondary N) is 1. The molecule has 2 aromatic carbocycles. The van der Waals surface area contributed by atoms with Crippen molar-refractivity contribution >= 4 is 15.9 Å². The molecule has 1 saturated carbocycles. The fourth-order valence-corrected chi connectivity index (χ4v) is 6.84. The van der Waals surface area contributed by atoms with Crippen LogP contribution in [0.4, 0.5) is 0 Å². The summed E-state index contributed by atoms with van der Waals surface area (Å²) in [5.74, 6) is -0.290. The van der Waals surface area contributed by atoms with Crippen LogP contribution in [0.15, 0.2) is 41.6 Å². The monoisotopic (exact) mass is 563 g/mol. The largest absolute Gasteiger partial charge is 0.464 e. The summed E-state index contributed by atoms with van der Waals surface area (Å²) >= 11 is 0. The lowest BCUT2D eigenvalue weighted by Gasteiger charge is -2.23. The van der Waals surface area contributed by atoms with E-state index in [4.69, 9.17) is 9.47 Å². The number of imidazole rings is 1. The Kier molecular flexibility index (Phi) is 6.78. The van der Waals surface area contributed by atoms with Gasteiger partial charge in [-0.25, -0.2) is 4.72 Å². The second-order valence-electron chi connectivity index (χ2n) is 12.2. The van der Waals surface area contributed by atoms with Crippen molar-refractivity contribution < 1.29 is 22.7 Å². The second-order valence-corrected chi connectivity index (χ2v) is 13.8. The Labute approximate surface area is 236 Å². The van der Waals surface area contributed by atoms with Gasteiger partial charge in [-0.15, -0.1) is 0 Å². The van der Waals surface area contributed by atoms with E-state index >= 15 is 0 Å². The van der Waals surface area contributed by atoms with Crippen LogP contribution in [-0.2, 0) is 45.5 Å². The highest BCUT2D eigenvalue weighted by Gasteiger charge is 2.47. The minimum absolute atomic E-state index is 0.0360. The molecular formula is C31H37N3O5S. The third-order valence-electron chi connectivity index (χ3n) is 8.42. The minimum atomic E-state index is -4.14. The summed E-state index contributed by atoms with van der Waals surface area (Å²) in [5, 5.41) is -0.187. The number of rotatable bonds is 7. The van der Waals surface area contributed by atoms with Gasteiger partial charge in [0.15, 0.2) is 5.03 Å². The van der Waals surface area contributed by atoms with Crippen molar-refractivity contribution in [2.24, 2.45) is 5.41 Å². The molecular weight excluding hydrogens is 526 g/mol. The molecule has 0 atom stereocenters. The van der Waals surface area contributed by atoms with Crippen LogP contribution in [-0.4, -0.2) is 37.1 Å². The first kappa shape index (κ1) is 27.0. The number of hydrogen-bond acceptors (Lipinski definition) is 6. The molecule has 0 bridgehead atoms. The minimum Gasteiger partial charge on any atom is -0.464 e. The molecule has 2 aliphatic heterocycles. The van der Waals surface area contributed by atoms with Crippen molar-refractivity contribution in [2.45, 2.75) is 83.4 Å². The lowest BCUT2D eigenvalue weighted by Crippen LogP contribution is -2.32. The summed E-state index contributed by atoms with van der Waals surface area (Å²) in [6, 6.07) is 11.1. The molecule has 1 aromatic heterocycles. The predicted molar refractivity (Wildman–Crippen MR) is 152 cm³/mol. The average Bonchev–Trinajstić information content (AvgIpc) is 3.51. The van der Waals surface area contributed by atoms with Gasteiger partial charge in [-0.1, -0.05) is 52.0 Å². The molecule has 40 heavy (non-hydrogen) atoms. The molecule has 1 fully saturated rings. The van der Waals surface area contributed by atoms with Gasteiger partial charge in [0.05, 0.1) is 26.2 Å². The van der Waals surface area contributed by atoms with Crippen molar-refractivity contribution in [2.75, 3.05) is 13.2 Å². The molecule has 8 nitrogen and oxygen atoms in total. The van der Waals surface area contributed by atoms with E-state index < -0.39 is 15.9 Å². The van der Waals surface area contributed by atoms with Crippen LogP contribution in [0.3, 0.4) is 0 Å². The average molecular weight is 564 g/mol. The number of benzene rings is 2.